The van der Waals surface area contributed by atoms with E-state index >= 15 is 0 Å². The molecule has 4 aromatic rings. The highest BCUT2D eigenvalue weighted by Crippen LogP contribution is 2.63. The molecule has 2 atom stereocenters. The number of rotatable bonds is 6. The van der Waals surface area contributed by atoms with E-state index in [2.05, 4.69) is 10.5 Å². The van der Waals surface area contributed by atoms with Crippen LogP contribution in [-0.2, 0) is 26.2 Å². The molecule has 0 spiro atoms. The van der Waals surface area contributed by atoms with E-state index in [0.717, 1.165) is 32.7 Å². The first-order chi connectivity index (χ1) is 20.8. The Kier molecular flexibility index (Phi) is 6.05. The van der Waals surface area contributed by atoms with E-state index in [1.807, 2.05) is 78.9 Å². The maximum atomic E-state index is 14.5. The van der Waals surface area contributed by atoms with E-state index in [0.29, 0.717) is 5.56 Å². The van der Waals surface area contributed by atoms with Gasteiger partial charge < -0.3 is 0 Å². The summed E-state index contributed by atoms with van der Waals surface area (Å²) in [4.78, 5) is 54.1. The van der Waals surface area contributed by atoms with Crippen LogP contribution in [0.2, 0.25) is 0 Å². The lowest BCUT2D eigenvalue weighted by Gasteiger charge is -2.52. The summed E-state index contributed by atoms with van der Waals surface area (Å²) in [6.45, 7) is 1.72. The fourth-order valence-electron chi connectivity index (χ4n) is 7.28. The fraction of sp³-hybridized carbons (Fsp3) is 0.176. The van der Waals surface area contributed by atoms with Gasteiger partial charge in [-0.15, -0.1) is 0 Å². The van der Waals surface area contributed by atoms with Crippen molar-refractivity contribution in [3.8, 4) is 0 Å². The van der Waals surface area contributed by atoms with Crippen LogP contribution in [-0.4, -0.2) is 28.9 Å². The van der Waals surface area contributed by atoms with Crippen LogP contribution in [0.3, 0.4) is 0 Å². The van der Waals surface area contributed by atoms with Crippen molar-refractivity contribution in [1.29, 1.82) is 0 Å². The van der Waals surface area contributed by atoms with Crippen LogP contribution in [0, 0.1) is 28.9 Å². The SMILES string of the molecule is Cc1ccc(N2C(=O)[C@@H]3[C@@H](C2=O)C2c4ccccc4C3(/C=N\NC(=O)Cc3ccccc3)c3ccccc32)c([N+](=O)[O-])c1. The van der Waals surface area contributed by atoms with Crippen molar-refractivity contribution in [3.05, 3.63) is 141 Å². The van der Waals surface area contributed by atoms with Crippen LogP contribution < -0.4 is 10.3 Å². The highest BCUT2D eigenvalue weighted by molar-refractivity contribution is 6.25. The summed E-state index contributed by atoms with van der Waals surface area (Å²) >= 11 is 0. The van der Waals surface area contributed by atoms with Crippen molar-refractivity contribution in [1.82, 2.24) is 5.43 Å². The number of benzene rings is 4. The number of nitrogens with zero attached hydrogens (tertiary/aromatic N) is 3. The number of hydrazone groups is 1. The van der Waals surface area contributed by atoms with Gasteiger partial charge in [-0.2, -0.15) is 5.10 Å². The molecule has 9 nitrogen and oxygen atoms in total. The van der Waals surface area contributed by atoms with Gasteiger partial charge in [-0.25, -0.2) is 10.3 Å². The first-order valence-electron chi connectivity index (χ1n) is 14.0. The third-order valence-corrected chi connectivity index (χ3v) is 8.92. The quantitative estimate of drug-likeness (QED) is 0.155. The number of hydrogen-bond acceptors (Lipinski definition) is 6. The van der Waals surface area contributed by atoms with Crippen LogP contribution in [0.15, 0.2) is 102 Å². The third-order valence-electron chi connectivity index (χ3n) is 8.92. The zero-order valence-electron chi connectivity index (χ0n) is 23.1. The minimum Gasteiger partial charge on any atom is -0.274 e. The van der Waals surface area contributed by atoms with E-state index in [-0.39, 0.29) is 23.7 Å². The van der Waals surface area contributed by atoms with Gasteiger partial charge in [-0.3, -0.25) is 24.5 Å². The molecule has 0 unspecified atom stereocenters. The number of imide groups is 1. The third kappa shape index (κ3) is 3.85. The van der Waals surface area contributed by atoms with Crippen molar-refractivity contribution in [3.63, 3.8) is 0 Å². The highest BCUT2D eigenvalue weighted by Gasteiger charge is 2.68. The lowest BCUT2D eigenvalue weighted by atomic mass is 9.47. The van der Waals surface area contributed by atoms with Crippen molar-refractivity contribution >= 4 is 35.3 Å². The molecular formula is C34H26N4O5. The normalized spacial score (nSPS) is 23.2. The molecule has 1 aliphatic heterocycles. The first kappa shape index (κ1) is 26.5. The number of carbonyl (C=O) groups is 3. The van der Waals surface area contributed by atoms with E-state index < -0.39 is 39.9 Å². The molecular weight excluding hydrogens is 544 g/mol. The van der Waals surface area contributed by atoms with Crippen molar-refractivity contribution in [2.24, 2.45) is 16.9 Å². The number of hydrogen-bond donors (Lipinski definition) is 1. The average Bonchev–Trinajstić information content (AvgIpc) is 3.28. The van der Waals surface area contributed by atoms with Crippen LogP contribution in [0.5, 0.6) is 0 Å². The predicted molar refractivity (Wildman–Crippen MR) is 160 cm³/mol. The monoisotopic (exact) mass is 570 g/mol. The Morgan fingerprint density at radius 1 is 0.930 bits per heavy atom. The van der Waals surface area contributed by atoms with Crippen molar-refractivity contribution in [2.75, 3.05) is 4.90 Å². The summed E-state index contributed by atoms with van der Waals surface area (Å²) in [6.07, 6.45) is 1.70. The van der Waals surface area contributed by atoms with Crippen LogP contribution >= 0.6 is 0 Å². The summed E-state index contributed by atoms with van der Waals surface area (Å²) in [5.41, 5.74) is 5.97. The number of aryl methyl sites for hydroxylation is 1. The minimum absolute atomic E-state index is 0.0456. The first-order valence-corrected chi connectivity index (χ1v) is 14.0. The lowest BCUT2D eigenvalue weighted by molar-refractivity contribution is -0.384. The molecule has 0 saturated carbocycles. The van der Waals surface area contributed by atoms with Crippen LogP contribution in [0.4, 0.5) is 11.4 Å². The van der Waals surface area contributed by atoms with Crippen molar-refractivity contribution in [2.45, 2.75) is 24.7 Å². The molecule has 1 heterocycles. The molecule has 212 valence electrons. The summed E-state index contributed by atoms with van der Waals surface area (Å²) in [7, 11) is 0. The molecule has 9 heteroatoms. The smallest absolute Gasteiger partial charge is 0.274 e. The molecule has 1 N–H and O–H groups in total. The largest absolute Gasteiger partial charge is 0.293 e. The van der Waals surface area contributed by atoms with Gasteiger partial charge in [0.2, 0.25) is 17.7 Å². The summed E-state index contributed by atoms with van der Waals surface area (Å²) in [5.74, 6) is -3.51. The zero-order valence-corrected chi connectivity index (χ0v) is 23.1. The molecule has 4 aromatic carbocycles. The van der Waals surface area contributed by atoms with Gasteiger partial charge >= 0.3 is 0 Å². The number of carbonyl (C=O) groups excluding carboxylic acids is 3. The number of amides is 3. The molecule has 3 amide bonds. The average molecular weight is 571 g/mol. The van der Waals surface area contributed by atoms with E-state index in [4.69, 9.17) is 0 Å². The van der Waals surface area contributed by atoms with Gasteiger partial charge in [0.25, 0.3) is 5.69 Å². The number of anilines is 1. The molecule has 0 radical (unpaired) electrons. The Balaban J connectivity index is 1.38. The standard InChI is InChI=1S/C34H26N4O5/c1-20-15-16-26(27(17-20)38(42)43)37-32(40)30-29-22-11-5-7-13-24(22)34(31(30)33(37)41,25-14-8-6-12-23(25)29)19-35-36-28(39)18-21-9-3-2-4-10-21/h2-17,19,29-31H,18H2,1H3,(H,36,39)/b35-19-/t29?,30-,31-,34?/m0/s1. The molecule has 1 saturated heterocycles. The number of nitrogens with one attached hydrogen (secondary N) is 1. The van der Waals surface area contributed by atoms with E-state index in [1.165, 1.54) is 12.1 Å². The van der Waals surface area contributed by atoms with Gasteiger partial charge in [0.15, 0.2) is 0 Å². The molecule has 3 aliphatic carbocycles. The number of nitro groups is 1. The fourth-order valence-corrected chi connectivity index (χ4v) is 7.28. The molecule has 8 rings (SSSR count). The molecule has 43 heavy (non-hydrogen) atoms. The highest BCUT2D eigenvalue weighted by atomic mass is 16.6. The molecule has 0 aromatic heterocycles. The van der Waals surface area contributed by atoms with Gasteiger partial charge in [-0.05, 0) is 46.4 Å². The van der Waals surface area contributed by atoms with Gasteiger partial charge in [0.05, 0.1) is 28.6 Å². The van der Waals surface area contributed by atoms with E-state index in [9.17, 15) is 24.5 Å². The molecule has 1 fully saturated rings. The molecule has 4 aliphatic rings. The maximum Gasteiger partial charge on any atom is 0.293 e. The van der Waals surface area contributed by atoms with Gasteiger partial charge in [0, 0.05) is 18.2 Å². The Hall–Kier alpha value is -5.44. The Morgan fingerprint density at radius 2 is 1.56 bits per heavy atom. The summed E-state index contributed by atoms with van der Waals surface area (Å²) in [5, 5.41) is 16.5. The Morgan fingerprint density at radius 3 is 2.21 bits per heavy atom. The second-order valence-electron chi connectivity index (χ2n) is 11.2. The van der Waals surface area contributed by atoms with Gasteiger partial charge in [0.1, 0.15) is 5.69 Å². The van der Waals surface area contributed by atoms with Crippen LogP contribution in [0.1, 0.15) is 39.3 Å². The Labute approximate surface area is 247 Å². The maximum absolute atomic E-state index is 14.5. The zero-order chi connectivity index (χ0) is 29.9. The van der Waals surface area contributed by atoms with Crippen molar-refractivity contribution < 1.29 is 19.3 Å². The predicted octanol–water partition coefficient (Wildman–Crippen LogP) is 4.80. The number of nitro benzene ring substituents is 1. The second kappa shape index (κ2) is 9.84. The summed E-state index contributed by atoms with van der Waals surface area (Å²) < 4.78 is 0. The van der Waals surface area contributed by atoms with E-state index in [1.54, 1.807) is 19.2 Å². The summed E-state index contributed by atoms with van der Waals surface area (Å²) in [6, 6.07) is 29.1. The minimum atomic E-state index is -1.20. The lowest BCUT2D eigenvalue weighted by Crippen LogP contribution is -2.54. The topological polar surface area (TPSA) is 122 Å². The second-order valence-corrected chi connectivity index (χ2v) is 11.2. The Bertz CT molecular complexity index is 1820. The molecule has 2 bridgehead atoms. The van der Waals surface area contributed by atoms with Crippen LogP contribution in [0.25, 0.3) is 0 Å². The van der Waals surface area contributed by atoms with Gasteiger partial charge in [-0.1, -0.05) is 84.9 Å².